The summed E-state index contributed by atoms with van der Waals surface area (Å²) in [5.41, 5.74) is 6.45. The first-order valence-corrected chi connectivity index (χ1v) is 5.68. The van der Waals surface area contributed by atoms with Gasteiger partial charge in [-0.05, 0) is 31.4 Å². The number of hydrogen-bond donors (Lipinski definition) is 1. The first-order valence-electron chi connectivity index (χ1n) is 5.31. The molecule has 1 aromatic carbocycles. The van der Waals surface area contributed by atoms with Crippen LogP contribution in [-0.2, 0) is 11.2 Å². The monoisotopic (exact) mass is 238 g/mol. The number of nitrogens with two attached hydrogens (primary N) is 1. The molecule has 2 N–H and O–H groups in total. The van der Waals surface area contributed by atoms with Crippen molar-refractivity contribution in [1.29, 1.82) is 0 Å². The Bertz CT molecular complexity index is 419. The average molecular weight is 239 g/mol. The third-order valence-corrected chi connectivity index (χ3v) is 3.17. The van der Waals surface area contributed by atoms with Crippen LogP contribution in [0.4, 0.5) is 0 Å². The van der Waals surface area contributed by atoms with E-state index in [2.05, 4.69) is 4.99 Å². The second kappa shape index (κ2) is 4.34. The van der Waals surface area contributed by atoms with Crippen molar-refractivity contribution in [2.24, 2.45) is 10.7 Å². The lowest BCUT2D eigenvalue weighted by Crippen LogP contribution is -2.24. The molecular formula is C12H15ClN2O. The fraction of sp³-hybridized carbons (Fsp3) is 0.417. The summed E-state index contributed by atoms with van der Waals surface area (Å²) in [7, 11) is 0. The Balaban J connectivity index is 2.01. The minimum Gasteiger partial charge on any atom is -0.463 e. The number of benzene rings is 1. The third-order valence-electron chi connectivity index (χ3n) is 2.80. The molecule has 3 nitrogen and oxygen atoms in total. The summed E-state index contributed by atoms with van der Waals surface area (Å²) in [6.45, 7) is 2.60. The fourth-order valence-electron chi connectivity index (χ4n) is 1.79. The lowest BCUT2D eigenvalue weighted by Gasteiger charge is -2.17. The van der Waals surface area contributed by atoms with E-state index < -0.39 is 0 Å². The molecule has 1 aromatic rings. The Hall–Kier alpha value is -1.22. The first-order chi connectivity index (χ1) is 7.59. The van der Waals surface area contributed by atoms with Gasteiger partial charge in [-0.1, -0.05) is 29.8 Å². The summed E-state index contributed by atoms with van der Waals surface area (Å²) in [4.78, 5) is 4.29. The van der Waals surface area contributed by atoms with Gasteiger partial charge in [0, 0.05) is 5.02 Å². The third kappa shape index (κ3) is 2.47. The van der Waals surface area contributed by atoms with Gasteiger partial charge in [-0.3, -0.25) is 0 Å². The van der Waals surface area contributed by atoms with E-state index in [0.717, 1.165) is 23.4 Å². The van der Waals surface area contributed by atoms with Crippen molar-refractivity contribution in [3.8, 4) is 0 Å². The number of aryl methyl sites for hydroxylation is 1. The maximum atomic E-state index is 6.09. The van der Waals surface area contributed by atoms with Crippen LogP contribution in [0.5, 0.6) is 0 Å². The molecule has 86 valence electrons. The van der Waals surface area contributed by atoms with E-state index in [1.165, 1.54) is 0 Å². The van der Waals surface area contributed by atoms with E-state index >= 15 is 0 Å². The Morgan fingerprint density at radius 1 is 1.50 bits per heavy atom. The Kier molecular flexibility index (Phi) is 3.06. The summed E-state index contributed by atoms with van der Waals surface area (Å²) in [6, 6.07) is 8.16. The lowest BCUT2D eigenvalue weighted by molar-refractivity contribution is 0.255. The van der Waals surface area contributed by atoms with Gasteiger partial charge in [0.25, 0.3) is 6.02 Å². The van der Waals surface area contributed by atoms with E-state index in [0.29, 0.717) is 12.6 Å². The highest BCUT2D eigenvalue weighted by Gasteiger charge is 2.30. The SMILES string of the molecule is CC1(CCc2ccccc2Cl)COC(N)=N1. The van der Waals surface area contributed by atoms with Crippen LogP contribution in [0.2, 0.25) is 5.02 Å². The summed E-state index contributed by atoms with van der Waals surface area (Å²) < 4.78 is 5.18. The predicted octanol–water partition coefficient (Wildman–Crippen LogP) is 2.38. The summed E-state index contributed by atoms with van der Waals surface area (Å²) in [5.74, 6) is 0. The summed E-state index contributed by atoms with van der Waals surface area (Å²) in [5, 5.41) is 0.807. The molecule has 0 amide bonds. The first kappa shape index (κ1) is 11.3. The van der Waals surface area contributed by atoms with Gasteiger partial charge < -0.3 is 10.5 Å². The molecule has 0 radical (unpaired) electrons. The molecule has 0 saturated heterocycles. The van der Waals surface area contributed by atoms with Gasteiger partial charge in [0.2, 0.25) is 0 Å². The van der Waals surface area contributed by atoms with E-state index in [-0.39, 0.29) is 5.54 Å². The van der Waals surface area contributed by atoms with Crippen LogP contribution < -0.4 is 5.73 Å². The largest absolute Gasteiger partial charge is 0.463 e. The standard InChI is InChI=1S/C12H15ClN2O/c1-12(8-16-11(14)15-12)7-6-9-4-2-3-5-10(9)13/h2-5H,6-8H2,1H3,(H2,14,15). The van der Waals surface area contributed by atoms with Gasteiger partial charge in [-0.25, -0.2) is 4.99 Å². The quantitative estimate of drug-likeness (QED) is 0.879. The Morgan fingerprint density at radius 2 is 2.25 bits per heavy atom. The van der Waals surface area contributed by atoms with E-state index in [1.54, 1.807) is 0 Å². The lowest BCUT2D eigenvalue weighted by atomic mass is 9.95. The van der Waals surface area contributed by atoms with Crippen molar-refractivity contribution in [3.05, 3.63) is 34.9 Å². The van der Waals surface area contributed by atoms with Gasteiger partial charge >= 0.3 is 0 Å². The number of ether oxygens (including phenoxy) is 1. The molecule has 1 unspecified atom stereocenters. The molecule has 1 atom stereocenters. The topological polar surface area (TPSA) is 47.6 Å². The molecule has 1 aliphatic rings. The Labute approximate surface area is 100 Å². The smallest absolute Gasteiger partial charge is 0.282 e. The fourth-order valence-corrected chi connectivity index (χ4v) is 2.02. The molecule has 2 rings (SSSR count). The molecule has 4 heteroatoms. The van der Waals surface area contributed by atoms with Crippen LogP contribution in [0.1, 0.15) is 18.9 Å². The average Bonchev–Trinajstić information content (AvgIpc) is 2.58. The van der Waals surface area contributed by atoms with Crippen molar-refractivity contribution in [2.75, 3.05) is 6.61 Å². The predicted molar refractivity (Wildman–Crippen MR) is 65.8 cm³/mol. The molecule has 0 saturated carbocycles. The molecule has 1 aliphatic heterocycles. The van der Waals surface area contributed by atoms with Gasteiger partial charge in [-0.15, -0.1) is 0 Å². The number of nitrogens with zero attached hydrogens (tertiary/aromatic N) is 1. The van der Waals surface area contributed by atoms with Crippen LogP contribution in [0.15, 0.2) is 29.3 Å². The maximum Gasteiger partial charge on any atom is 0.282 e. The molecule has 1 heterocycles. The number of rotatable bonds is 3. The normalized spacial score (nSPS) is 24.0. The van der Waals surface area contributed by atoms with Crippen molar-refractivity contribution >= 4 is 17.6 Å². The highest BCUT2D eigenvalue weighted by molar-refractivity contribution is 6.31. The van der Waals surface area contributed by atoms with Crippen LogP contribution in [0.25, 0.3) is 0 Å². The molecular weight excluding hydrogens is 224 g/mol. The minimum absolute atomic E-state index is 0.205. The van der Waals surface area contributed by atoms with E-state index in [9.17, 15) is 0 Å². The van der Waals surface area contributed by atoms with Crippen molar-refractivity contribution in [3.63, 3.8) is 0 Å². The maximum absolute atomic E-state index is 6.09. The number of aliphatic imine (C=N–C) groups is 1. The molecule has 0 aliphatic carbocycles. The zero-order valence-corrected chi connectivity index (χ0v) is 10.00. The van der Waals surface area contributed by atoms with Crippen LogP contribution in [0.3, 0.4) is 0 Å². The van der Waals surface area contributed by atoms with E-state index in [4.69, 9.17) is 22.1 Å². The number of halogens is 1. The van der Waals surface area contributed by atoms with E-state index in [1.807, 2.05) is 31.2 Å². The zero-order valence-electron chi connectivity index (χ0n) is 9.24. The highest BCUT2D eigenvalue weighted by Crippen LogP contribution is 2.25. The summed E-state index contributed by atoms with van der Waals surface area (Å²) >= 11 is 6.09. The molecule has 0 bridgehead atoms. The zero-order chi connectivity index (χ0) is 11.6. The highest BCUT2D eigenvalue weighted by atomic mass is 35.5. The molecule has 0 spiro atoms. The summed E-state index contributed by atoms with van der Waals surface area (Å²) in [6.07, 6.45) is 1.77. The van der Waals surface area contributed by atoms with Crippen molar-refractivity contribution in [2.45, 2.75) is 25.3 Å². The van der Waals surface area contributed by atoms with Crippen molar-refractivity contribution in [1.82, 2.24) is 0 Å². The molecule has 16 heavy (non-hydrogen) atoms. The van der Waals surface area contributed by atoms with Crippen LogP contribution in [-0.4, -0.2) is 18.2 Å². The number of amidine groups is 1. The van der Waals surface area contributed by atoms with Crippen LogP contribution in [0, 0.1) is 0 Å². The van der Waals surface area contributed by atoms with Crippen molar-refractivity contribution < 1.29 is 4.74 Å². The molecule has 0 fully saturated rings. The van der Waals surface area contributed by atoms with Crippen LogP contribution >= 0.6 is 11.6 Å². The van der Waals surface area contributed by atoms with Gasteiger partial charge in [0.1, 0.15) is 6.61 Å². The molecule has 0 aromatic heterocycles. The van der Waals surface area contributed by atoms with Gasteiger partial charge in [0.05, 0.1) is 5.54 Å². The minimum atomic E-state index is -0.205. The van der Waals surface area contributed by atoms with Gasteiger partial charge in [0.15, 0.2) is 0 Å². The second-order valence-corrected chi connectivity index (χ2v) is 4.73. The number of hydrogen-bond acceptors (Lipinski definition) is 3. The van der Waals surface area contributed by atoms with Gasteiger partial charge in [-0.2, -0.15) is 0 Å². The second-order valence-electron chi connectivity index (χ2n) is 4.33. The Morgan fingerprint density at radius 3 is 2.88 bits per heavy atom.